The van der Waals surface area contributed by atoms with Gasteiger partial charge in [-0.15, -0.1) is 0 Å². The van der Waals surface area contributed by atoms with Crippen molar-refractivity contribution >= 4 is 11.8 Å². The second-order valence-electron chi connectivity index (χ2n) is 6.13. The third-order valence-electron chi connectivity index (χ3n) is 4.64. The molecule has 0 saturated carbocycles. The number of hydrogen-bond acceptors (Lipinski definition) is 4. The molecular weight excluding hydrogens is 266 g/mol. The maximum absolute atomic E-state index is 11.0. The van der Waals surface area contributed by atoms with Crippen LogP contribution in [-0.4, -0.2) is 42.5 Å². The number of rotatable bonds is 4. The van der Waals surface area contributed by atoms with Gasteiger partial charge in [-0.25, -0.2) is 0 Å². The molecule has 5 nitrogen and oxygen atoms in total. The van der Waals surface area contributed by atoms with E-state index in [0.29, 0.717) is 11.0 Å². The predicted octanol–water partition coefficient (Wildman–Crippen LogP) is 2.29. The zero-order chi connectivity index (χ0) is 14.7. The maximum atomic E-state index is 11.0. The molecule has 2 fully saturated rings. The monoisotopic (exact) mass is 287 g/mol. The summed E-state index contributed by atoms with van der Waals surface area (Å²) >= 11 is 0. The summed E-state index contributed by atoms with van der Waals surface area (Å²) in [4.78, 5) is 13.1. The SMILES string of the molecule is O=[N+]([O-])c1ccccc1/C=C/CN1CCC2(CCNC2)C1. The molecule has 2 aliphatic heterocycles. The molecule has 1 aromatic carbocycles. The number of nitro benzene ring substituents is 1. The molecule has 5 heteroatoms. The molecule has 1 N–H and O–H groups in total. The minimum atomic E-state index is -0.325. The van der Waals surface area contributed by atoms with Gasteiger partial charge in [0.05, 0.1) is 10.5 Å². The number of nitrogens with one attached hydrogen (secondary N) is 1. The van der Waals surface area contributed by atoms with Crippen LogP contribution in [0.25, 0.3) is 6.08 Å². The molecule has 0 aliphatic carbocycles. The number of likely N-dealkylation sites (tertiary alicyclic amines) is 1. The Kier molecular flexibility index (Phi) is 4.03. The van der Waals surface area contributed by atoms with Gasteiger partial charge in [-0.2, -0.15) is 0 Å². The van der Waals surface area contributed by atoms with E-state index >= 15 is 0 Å². The van der Waals surface area contributed by atoms with Gasteiger partial charge in [-0.05, 0) is 37.4 Å². The molecule has 21 heavy (non-hydrogen) atoms. The van der Waals surface area contributed by atoms with Gasteiger partial charge < -0.3 is 5.32 Å². The van der Waals surface area contributed by atoms with Gasteiger partial charge in [0.1, 0.15) is 0 Å². The molecule has 1 aromatic rings. The first kappa shape index (κ1) is 14.2. The van der Waals surface area contributed by atoms with Crippen molar-refractivity contribution in [3.8, 4) is 0 Å². The Labute approximate surface area is 124 Å². The molecule has 1 atom stereocenters. The molecule has 0 bridgehead atoms. The molecule has 1 spiro atoms. The van der Waals surface area contributed by atoms with Crippen molar-refractivity contribution in [1.29, 1.82) is 0 Å². The predicted molar refractivity (Wildman–Crippen MR) is 83.1 cm³/mol. The molecule has 0 aromatic heterocycles. The molecule has 3 rings (SSSR count). The van der Waals surface area contributed by atoms with Crippen LogP contribution in [0.15, 0.2) is 30.3 Å². The van der Waals surface area contributed by atoms with E-state index in [1.807, 2.05) is 18.2 Å². The van der Waals surface area contributed by atoms with Crippen LogP contribution in [-0.2, 0) is 0 Å². The minimum absolute atomic E-state index is 0.173. The van der Waals surface area contributed by atoms with E-state index in [9.17, 15) is 10.1 Å². The number of para-hydroxylation sites is 1. The van der Waals surface area contributed by atoms with Crippen LogP contribution in [0.2, 0.25) is 0 Å². The minimum Gasteiger partial charge on any atom is -0.316 e. The van der Waals surface area contributed by atoms with Gasteiger partial charge in [0.25, 0.3) is 5.69 Å². The number of benzene rings is 1. The molecule has 2 heterocycles. The summed E-state index contributed by atoms with van der Waals surface area (Å²) in [6, 6.07) is 6.88. The van der Waals surface area contributed by atoms with Gasteiger partial charge in [0.15, 0.2) is 0 Å². The zero-order valence-electron chi connectivity index (χ0n) is 12.1. The summed E-state index contributed by atoms with van der Waals surface area (Å²) in [5, 5.41) is 14.4. The quantitative estimate of drug-likeness (QED) is 0.682. The highest BCUT2D eigenvalue weighted by molar-refractivity contribution is 5.60. The summed E-state index contributed by atoms with van der Waals surface area (Å²) in [6.07, 6.45) is 6.45. The fourth-order valence-electron chi connectivity index (χ4n) is 3.45. The average molecular weight is 287 g/mol. The Hall–Kier alpha value is -1.72. The van der Waals surface area contributed by atoms with E-state index < -0.39 is 0 Å². The van der Waals surface area contributed by atoms with Gasteiger partial charge in [0.2, 0.25) is 0 Å². The van der Waals surface area contributed by atoms with Gasteiger partial charge in [-0.3, -0.25) is 15.0 Å². The van der Waals surface area contributed by atoms with Crippen molar-refractivity contribution in [2.75, 3.05) is 32.7 Å². The Morgan fingerprint density at radius 1 is 1.38 bits per heavy atom. The van der Waals surface area contributed by atoms with E-state index in [1.165, 1.54) is 12.8 Å². The zero-order valence-corrected chi connectivity index (χ0v) is 12.1. The summed E-state index contributed by atoms with van der Waals surface area (Å²) in [7, 11) is 0. The smallest absolute Gasteiger partial charge is 0.276 e. The molecule has 2 saturated heterocycles. The van der Waals surface area contributed by atoms with Gasteiger partial charge >= 0.3 is 0 Å². The molecule has 0 amide bonds. The molecule has 112 valence electrons. The van der Waals surface area contributed by atoms with Crippen LogP contribution in [0.4, 0.5) is 5.69 Å². The number of nitro groups is 1. The van der Waals surface area contributed by atoms with Crippen molar-refractivity contribution in [3.05, 3.63) is 46.0 Å². The first-order valence-corrected chi connectivity index (χ1v) is 7.52. The lowest BCUT2D eigenvalue weighted by molar-refractivity contribution is -0.385. The Balaban J connectivity index is 1.59. The fraction of sp³-hybridized carbons (Fsp3) is 0.500. The lowest BCUT2D eigenvalue weighted by Crippen LogP contribution is -2.29. The number of nitrogens with zero attached hydrogens (tertiary/aromatic N) is 2. The second-order valence-corrected chi connectivity index (χ2v) is 6.13. The third-order valence-corrected chi connectivity index (χ3v) is 4.64. The average Bonchev–Trinajstić information content (AvgIpc) is 3.10. The lowest BCUT2D eigenvalue weighted by Gasteiger charge is -2.22. The van der Waals surface area contributed by atoms with Gasteiger partial charge in [-0.1, -0.05) is 24.3 Å². The van der Waals surface area contributed by atoms with E-state index in [4.69, 9.17) is 0 Å². The largest absolute Gasteiger partial charge is 0.316 e. The van der Waals surface area contributed by atoms with Gasteiger partial charge in [0, 0.05) is 25.7 Å². The maximum Gasteiger partial charge on any atom is 0.276 e. The van der Waals surface area contributed by atoms with E-state index in [1.54, 1.807) is 18.2 Å². The number of hydrogen-bond donors (Lipinski definition) is 1. The molecule has 1 unspecified atom stereocenters. The van der Waals surface area contributed by atoms with Crippen LogP contribution in [0.1, 0.15) is 18.4 Å². The lowest BCUT2D eigenvalue weighted by atomic mass is 9.87. The highest BCUT2D eigenvalue weighted by atomic mass is 16.6. The normalized spacial score (nSPS) is 26.1. The Morgan fingerprint density at radius 2 is 2.24 bits per heavy atom. The van der Waals surface area contributed by atoms with Crippen LogP contribution in [0, 0.1) is 15.5 Å². The van der Waals surface area contributed by atoms with Crippen LogP contribution >= 0.6 is 0 Å². The Morgan fingerprint density at radius 3 is 3.00 bits per heavy atom. The highest BCUT2D eigenvalue weighted by Crippen LogP contribution is 2.35. The standard InChI is InChI=1S/C16H21N3O2/c20-19(21)15-6-2-1-4-14(15)5-3-10-18-11-8-16(13-18)7-9-17-12-16/h1-6,17H,7-13H2/b5-3+. The highest BCUT2D eigenvalue weighted by Gasteiger charge is 2.39. The first-order chi connectivity index (χ1) is 10.2. The topological polar surface area (TPSA) is 58.4 Å². The Bertz CT molecular complexity index is 550. The van der Waals surface area contributed by atoms with Crippen molar-refractivity contribution in [3.63, 3.8) is 0 Å². The van der Waals surface area contributed by atoms with E-state index in [-0.39, 0.29) is 10.6 Å². The summed E-state index contributed by atoms with van der Waals surface area (Å²) in [5.41, 5.74) is 1.33. The van der Waals surface area contributed by atoms with Crippen LogP contribution < -0.4 is 5.32 Å². The van der Waals surface area contributed by atoms with Crippen LogP contribution in [0.3, 0.4) is 0 Å². The van der Waals surface area contributed by atoms with Crippen molar-refractivity contribution < 1.29 is 4.92 Å². The molecular formula is C16H21N3O2. The fourth-order valence-corrected chi connectivity index (χ4v) is 3.45. The molecule has 2 aliphatic rings. The summed E-state index contributed by atoms with van der Waals surface area (Å²) in [5.74, 6) is 0. The van der Waals surface area contributed by atoms with Crippen LogP contribution in [0.5, 0.6) is 0 Å². The molecule has 0 radical (unpaired) electrons. The van der Waals surface area contributed by atoms with E-state index in [2.05, 4.69) is 10.2 Å². The van der Waals surface area contributed by atoms with E-state index in [0.717, 1.165) is 32.7 Å². The second kappa shape index (κ2) is 5.95. The third kappa shape index (κ3) is 3.14. The van der Waals surface area contributed by atoms with Crippen molar-refractivity contribution in [1.82, 2.24) is 10.2 Å². The first-order valence-electron chi connectivity index (χ1n) is 7.52. The van der Waals surface area contributed by atoms with Crippen molar-refractivity contribution in [2.45, 2.75) is 12.8 Å². The van der Waals surface area contributed by atoms with Crippen molar-refractivity contribution in [2.24, 2.45) is 5.41 Å². The summed E-state index contributed by atoms with van der Waals surface area (Å²) in [6.45, 7) is 5.41. The summed E-state index contributed by atoms with van der Waals surface area (Å²) < 4.78 is 0.